The fraction of sp³-hybridized carbons (Fsp3) is 0.263. The van der Waals surface area contributed by atoms with E-state index in [0.29, 0.717) is 18.6 Å². The Kier molecular flexibility index (Phi) is 11.7. The molecule has 16 heteroatoms. The van der Waals surface area contributed by atoms with Gasteiger partial charge in [-0.3, -0.25) is 9.59 Å². The number of benzene rings is 1. The fourth-order valence-electron chi connectivity index (χ4n) is 3.16. The van der Waals surface area contributed by atoms with Crippen LogP contribution in [0.4, 0.5) is 23.1 Å². The van der Waals surface area contributed by atoms with Gasteiger partial charge in [0, 0.05) is 42.6 Å². The van der Waals surface area contributed by atoms with Crippen LogP contribution in [0.1, 0.15) is 16.8 Å². The number of carboxylic acid groups (broad SMARTS) is 2. The predicted octanol–water partition coefficient (Wildman–Crippen LogP) is -8.67. The van der Waals surface area contributed by atoms with E-state index in [1.54, 1.807) is 0 Å². The monoisotopic (exact) mass is 503 g/mol. The van der Waals surface area contributed by atoms with Gasteiger partial charge in [0.1, 0.15) is 6.04 Å². The number of rotatable bonds is 9. The molecule has 0 bridgehead atoms. The molecule has 0 radical (unpaired) electrons. The van der Waals surface area contributed by atoms with Crippen molar-refractivity contribution in [2.75, 3.05) is 34.4 Å². The number of fused-ring (bicyclic) bond motifs is 1. The van der Waals surface area contributed by atoms with Gasteiger partial charge in [-0.05, 0) is 24.3 Å². The molecule has 1 aromatic heterocycles. The number of carboxylic acids is 2. The van der Waals surface area contributed by atoms with Crippen molar-refractivity contribution in [1.29, 1.82) is 0 Å². The molecule has 0 saturated carbocycles. The van der Waals surface area contributed by atoms with Crippen molar-refractivity contribution in [2.24, 2.45) is 0 Å². The molecule has 6 N–H and O–H groups in total. The minimum absolute atomic E-state index is 0. The average molecular weight is 503 g/mol. The Morgan fingerprint density at radius 3 is 2.49 bits per heavy atom. The maximum absolute atomic E-state index is 12.2. The summed E-state index contributed by atoms with van der Waals surface area (Å²) in [6.45, 7) is 0.487. The molecule has 3 rings (SSSR count). The van der Waals surface area contributed by atoms with Crippen LogP contribution in [0.5, 0.6) is 5.88 Å². The Morgan fingerprint density at radius 1 is 1.26 bits per heavy atom. The summed E-state index contributed by atoms with van der Waals surface area (Å²) in [6.07, 6.45) is -0.309. The number of nitrogens with zero attached hydrogens (tertiary/aromatic N) is 3. The first-order valence-corrected chi connectivity index (χ1v) is 9.58. The Bertz CT molecular complexity index is 1090. The summed E-state index contributed by atoms with van der Waals surface area (Å²) in [5.41, 5.74) is 6.09. The quantitative estimate of drug-likeness (QED) is 0.159. The van der Waals surface area contributed by atoms with Gasteiger partial charge < -0.3 is 46.7 Å². The molecule has 2 amide bonds. The zero-order chi connectivity index (χ0) is 24.1. The third-order valence-corrected chi connectivity index (χ3v) is 4.74. The number of amides is 2. The van der Waals surface area contributed by atoms with Crippen molar-refractivity contribution in [3.05, 3.63) is 29.8 Å². The van der Waals surface area contributed by atoms with Crippen molar-refractivity contribution in [2.45, 2.75) is 18.5 Å². The normalized spacial score (nSPS) is 14.3. The maximum atomic E-state index is 12.2. The van der Waals surface area contributed by atoms with Crippen molar-refractivity contribution >= 4 is 47.4 Å². The molecular formula is C19H19N7Na2O7. The summed E-state index contributed by atoms with van der Waals surface area (Å²) < 4.78 is 0. The van der Waals surface area contributed by atoms with Crippen LogP contribution in [-0.4, -0.2) is 64.5 Å². The summed E-state index contributed by atoms with van der Waals surface area (Å²) in [5.74, 6) is -4.39. The van der Waals surface area contributed by atoms with Crippen molar-refractivity contribution < 1.29 is 93.6 Å². The van der Waals surface area contributed by atoms with Gasteiger partial charge in [0.15, 0.2) is 5.82 Å². The molecule has 2 heterocycles. The number of aromatic nitrogens is 2. The molecule has 1 aliphatic rings. The van der Waals surface area contributed by atoms with Crippen molar-refractivity contribution in [3.63, 3.8) is 0 Å². The van der Waals surface area contributed by atoms with E-state index in [9.17, 15) is 29.4 Å². The zero-order valence-corrected chi connectivity index (χ0v) is 23.0. The summed E-state index contributed by atoms with van der Waals surface area (Å²) >= 11 is 0. The predicted molar refractivity (Wildman–Crippen MR) is 110 cm³/mol. The van der Waals surface area contributed by atoms with Gasteiger partial charge in [-0.25, -0.2) is 9.78 Å². The number of carbonyl (C=O) groups is 4. The van der Waals surface area contributed by atoms with Crippen LogP contribution < -0.4 is 95.9 Å². The third-order valence-electron chi connectivity index (χ3n) is 4.74. The molecule has 2 atom stereocenters. The van der Waals surface area contributed by atoms with Crippen LogP contribution in [0.2, 0.25) is 0 Å². The Hall–Kier alpha value is -2.62. The summed E-state index contributed by atoms with van der Waals surface area (Å²) in [4.78, 5) is 54.5. The molecule has 0 aliphatic carbocycles. The number of nitrogens with one attached hydrogen (secondary N) is 3. The topological polar surface area (TPSA) is 226 Å². The van der Waals surface area contributed by atoms with Gasteiger partial charge >= 0.3 is 65.1 Å². The van der Waals surface area contributed by atoms with Crippen LogP contribution in [0, 0.1) is 0 Å². The average Bonchev–Trinajstić information content (AvgIpc) is 2.77. The smallest absolute Gasteiger partial charge is 0.857 e. The number of nitrogens with two attached hydrogens (primary N) is 1. The fourth-order valence-corrected chi connectivity index (χ4v) is 3.16. The standard InChI is InChI=1S/C19H21N7O7.2Na/c20-19-24-15-14(17(31)25-19)22-10(6-21-15)7-26(8-27)11-3-1-9(2-4-11)16(30)23-12(18(32)33)5-13(28)29;;/h1-4,8,10,12,22H,5-7H2,(H,23,30)(H,28,29)(H,32,33)(H4,20,21,24,25,31);;/q;2*+1/p-2/t10?,12-;;/m1../s1. The van der Waals surface area contributed by atoms with E-state index < -0.39 is 36.2 Å². The van der Waals surface area contributed by atoms with Crippen LogP contribution in [-0.2, 0) is 14.4 Å². The molecule has 1 aromatic carbocycles. The zero-order valence-electron chi connectivity index (χ0n) is 19.0. The summed E-state index contributed by atoms with van der Waals surface area (Å²) in [5, 5.41) is 39.7. The van der Waals surface area contributed by atoms with Gasteiger partial charge in [-0.2, -0.15) is 4.98 Å². The number of hydrogen-bond donors (Lipinski definition) is 5. The van der Waals surface area contributed by atoms with Crippen LogP contribution in [0.3, 0.4) is 0 Å². The Labute approximate surface area is 243 Å². The van der Waals surface area contributed by atoms with E-state index in [0.717, 1.165) is 0 Å². The van der Waals surface area contributed by atoms with Gasteiger partial charge in [0.25, 0.3) is 5.91 Å². The van der Waals surface area contributed by atoms with Gasteiger partial charge in [0.05, 0.1) is 11.7 Å². The van der Waals surface area contributed by atoms with Gasteiger partial charge in [-0.1, -0.05) is 0 Å². The first-order chi connectivity index (χ1) is 15.7. The molecule has 174 valence electrons. The van der Waals surface area contributed by atoms with E-state index in [1.165, 1.54) is 29.2 Å². The Balaban J connectivity index is 0.00000306. The van der Waals surface area contributed by atoms with Gasteiger partial charge in [-0.15, -0.1) is 0 Å². The second kappa shape index (κ2) is 13.5. The molecule has 1 aliphatic heterocycles. The Morgan fingerprint density at radius 2 is 1.91 bits per heavy atom. The number of anilines is 4. The second-order valence-electron chi connectivity index (χ2n) is 7.08. The molecule has 14 nitrogen and oxygen atoms in total. The second-order valence-corrected chi connectivity index (χ2v) is 7.08. The van der Waals surface area contributed by atoms with E-state index in [-0.39, 0.29) is 94.7 Å². The van der Waals surface area contributed by atoms with Crippen LogP contribution in [0.25, 0.3) is 0 Å². The summed E-state index contributed by atoms with van der Waals surface area (Å²) in [7, 11) is 0. The van der Waals surface area contributed by atoms with E-state index in [2.05, 4.69) is 25.9 Å². The maximum Gasteiger partial charge on any atom is 1.00 e. The number of carbonyl (C=O) groups excluding carboxylic acids is 3. The number of hydrogen-bond acceptors (Lipinski definition) is 11. The number of nitrogen functional groups attached to an aromatic ring is 1. The molecule has 1 unspecified atom stereocenters. The van der Waals surface area contributed by atoms with E-state index >= 15 is 0 Å². The number of aliphatic carboxylic acids is 2. The van der Waals surface area contributed by atoms with Crippen LogP contribution >= 0.6 is 0 Å². The molecular weight excluding hydrogens is 484 g/mol. The first kappa shape index (κ1) is 30.4. The third kappa shape index (κ3) is 7.95. The molecule has 0 spiro atoms. The first-order valence-electron chi connectivity index (χ1n) is 9.58. The molecule has 0 fully saturated rings. The summed E-state index contributed by atoms with van der Waals surface area (Å²) in [6, 6.07) is 3.62. The van der Waals surface area contributed by atoms with Gasteiger partial charge in [0.2, 0.25) is 12.4 Å². The minimum Gasteiger partial charge on any atom is -0.857 e. The largest absolute Gasteiger partial charge is 1.00 e. The minimum atomic E-state index is -1.65. The van der Waals surface area contributed by atoms with Crippen molar-refractivity contribution in [3.8, 4) is 5.88 Å². The SMILES string of the molecule is Nc1nc([O-])c2c(n1)NCC(CN(C=O)c1ccc(C(=O)N[C@H](CC(=O)[O-])C(=O)O)cc1)N2.[Na+].[Na+]. The van der Waals surface area contributed by atoms with E-state index in [4.69, 9.17) is 10.8 Å². The van der Waals surface area contributed by atoms with Crippen LogP contribution in [0.15, 0.2) is 24.3 Å². The molecule has 2 aromatic rings. The van der Waals surface area contributed by atoms with Crippen molar-refractivity contribution in [1.82, 2.24) is 15.3 Å². The van der Waals surface area contributed by atoms with E-state index in [1.807, 2.05) is 0 Å². The molecule has 35 heavy (non-hydrogen) atoms. The molecule has 0 saturated heterocycles.